The average Bonchev–Trinajstić information content (AvgIpc) is 3.07. The second kappa shape index (κ2) is 7.10. The van der Waals surface area contributed by atoms with Crippen LogP contribution in [0.25, 0.3) is 0 Å². The fourth-order valence-corrected chi connectivity index (χ4v) is 3.59. The van der Waals surface area contributed by atoms with Crippen LogP contribution in [0.4, 0.5) is 20.2 Å². The zero-order valence-corrected chi connectivity index (χ0v) is 15.2. The second-order valence-corrected chi connectivity index (χ2v) is 6.78. The van der Waals surface area contributed by atoms with E-state index < -0.39 is 17.5 Å². The Labute approximate surface area is 160 Å². The van der Waals surface area contributed by atoms with Gasteiger partial charge in [-0.05, 0) is 37.5 Å². The number of fused-ring (bicyclic) bond motifs is 2. The summed E-state index contributed by atoms with van der Waals surface area (Å²) in [6, 6.07) is 5.19. The standard InChI is InChI=1S/C20H18F2N2O4/c1-11(25)14-7-17-18(28-10-27-17)8-16(14)23-19(26)9-24-4-2-3-12-5-13(21)6-15(22)20(12)24/h5-8H,2-4,9-10H2,1H3,(H,23,26). The Bertz CT molecular complexity index is 977. The number of amides is 1. The smallest absolute Gasteiger partial charge is 0.243 e. The third-order valence-electron chi connectivity index (χ3n) is 4.80. The summed E-state index contributed by atoms with van der Waals surface area (Å²) in [4.78, 5) is 26.1. The van der Waals surface area contributed by atoms with E-state index >= 15 is 0 Å². The van der Waals surface area contributed by atoms with Crippen LogP contribution >= 0.6 is 0 Å². The van der Waals surface area contributed by atoms with Gasteiger partial charge in [-0.2, -0.15) is 0 Å². The van der Waals surface area contributed by atoms with Crippen LogP contribution in [0, 0.1) is 11.6 Å². The molecule has 2 heterocycles. The van der Waals surface area contributed by atoms with Crippen molar-refractivity contribution in [3.8, 4) is 11.5 Å². The molecule has 0 radical (unpaired) electrons. The van der Waals surface area contributed by atoms with Crippen LogP contribution in [0.2, 0.25) is 0 Å². The van der Waals surface area contributed by atoms with Gasteiger partial charge in [0, 0.05) is 24.2 Å². The highest BCUT2D eigenvalue weighted by molar-refractivity contribution is 6.05. The number of nitrogens with zero attached hydrogens (tertiary/aromatic N) is 1. The Kier molecular flexibility index (Phi) is 4.62. The largest absolute Gasteiger partial charge is 0.454 e. The molecule has 4 rings (SSSR count). The summed E-state index contributed by atoms with van der Waals surface area (Å²) in [6.07, 6.45) is 1.24. The van der Waals surface area contributed by atoms with Gasteiger partial charge in [-0.1, -0.05) is 0 Å². The van der Waals surface area contributed by atoms with Crippen LogP contribution < -0.4 is 19.7 Å². The van der Waals surface area contributed by atoms with Crippen LogP contribution in [0.1, 0.15) is 29.3 Å². The molecule has 0 saturated carbocycles. The number of aryl methyl sites for hydroxylation is 1. The van der Waals surface area contributed by atoms with E-state index in [0.29, 0.717) is 47.7 Å². The van der Waals surface area contributed by atoms with Gasteiger partial charge in [-0.15, -0.1) is 0 Å². The van der Waals surface area contributed by atoms with E-state index in [4.69, 9.17) is 9.47 Å². The minimum atomic E-state index is -0.685. The number of Topliss-reactive ketones (excluding diaryl/α,β-unsaturated/α-hetero) is 1. The van der Waals surface area contributed by atoms with Crippen molar-refractivity contribution < 1.29 is 27.8 Å². The molecule has 0 unspecified atom stereocenters. The Morgan fingerprint density at radius 3 is 2.64 bits per heavy atom. The number of ether oxygens (including phenoxy) is 2. The summed E-state index contributed by atoms with van der Waals surface area (Å²) < 4.78 is 38.3. The number of rotatable bonds is 4. The molecule has 6 nitrogen and oxygen atoms in total. The first-order valence-corrected chi connectivity index (χ1v) is 8.89. The maximum absolute atomic E-state index is 14.3. The highest BCUT2D eigenvalue weighted by Gasteiger charge is 2.25. The van der Waals surface area contributed by atoms with Crippen LogP contribution in [0.3, 0.4) is 0 Å². The van der Waals surface area contributed by atoms with Crippen LogP contribution in [0.15, 0.2) is 24.3 Å². The van der Waals surface area contributed by atoms with Crippen LogP contribution in [0.5, 0.6) is 11.5 Å². The average molecular weight is 388 g/mol. The number of halogens is 2. The topological polar surface area (TPSA) is 67.9 Å². The van der Waals surface area contributed by atoms with Gasteiger partial charge in [0.1, 0.15) is 11.6 Å². The van der Waals surface area contributed by atoms with E-state index in [-0.39, 0.29) is 24.8 Å². The van der Waals surface area contributed by atoms with Gasteiger partial charge in [-0.25, -0.2) is 8.78 Å². The van der Waals surface area contributed by atoms with Crippen molar-refractivity contribution in [3.63, 3.8) is 0 Å². The monoisotopic (exact) mass is 388 g/mol. The third kappa shape index (κ3) is 3.37. The molecule has 0 atom stereocenters. The second-order valence-electron chi connectivity index (χ2n) is 6.78. The molecule has 0 aliphatic carbocycles. The van der Waals surface area contributed by atoms with Crippen molar-refractivity contribution in [2.24, 2.45) is 0 Å². The van der Waals surface area contributed by atoms with Crippen LogP contribution in [-0.4, -0.2) is 31.6 Å². The summed E-state index contributed by atoms with van der Waals surface area (Å²) in [7, 11) is 0. The molecule has 0 saturated heterocycles. The highest BCUT2D eigenvalue weighted by Crippen LogP contribution is 2.37. The zero-order chi connectivity index (χ0) is 19.8. The first-order valence-electron chi connectivity index (χ1n) is 8.89. The van der Waals surface area contributed by atoms with Gasteiger partial charge < -0.3 is 19.7 Å². The van der Waals surface area contributed by atoms with E-state index in [1.54, 1.807) is 4.90 Å². The van der Waals surface area contributed by atoms with Crippen molar-refractivity contribution in [2.75, 3.05) is 30.1 Å². The Morgan fingerprint density at radius 1 is 1.14 bits per heavy atom. The molecule has 8 heteroatoms. The molecular weight excluding hydrogens is 370 g/mol. The lowest BCUT2D eigenvalue weighted by atomic mass is 10.0. The number of carbonyl (C=O) groups is 2. The summed E-state index contributed by atoms with van der Waals surface area (Å²) in [5.41, 5.74) is 1.40. The maximum Gasteiger partial charge on any atom is 0.243 e. The van der Waals surface area contributed by atoms with Gasteiger partial charge in [-0.3, -0.25) is 9.59 Å². The number of carbonyl (C=O) groups excluding carboxylic acids is 2. The molecule has 0 aromatic heterocycles. The summed E-state index contributed by atoms with van der Waals surface area (Å²) in [5, 5.41) is 2.70. The summed E-state index contributed by atoms with van der Waals surface area (Å²) >= 11 is 0. The number of ketones is 1. The fraction of sp³-hybridized carbons (Fsp3) is 0.300. The molecule has 2 aromatic carbocycles. The number of nitrogens with one attached hydrogen (secondary N) is 1. The maximum atomic E-state index is 14.3. The van der Waals surface area contributed by atoms with E-state index in [1.165, 1.54) is 25.1 Å². The molecule has 0 fully saturated rings. The zero-order valence-electron chi connectivity index (χ0n) is 15.2. The Morgan fingerprint density at radius 2 is 1.89 bits per heavy atom. The van der Waals surface area contributed by atoms with Crippen LogP contribution in [-0.2, 0) is 11.2 Å². The fourth-order valence-electron chi connectivity index (χ4n) is 3.59. The number of anilines is 2. The lowest BCUT2D eigenvalue weighted by Gasteiger charge is -2.31. The lowest BCUT2D eigenvalue weighted by Crippen LogP contribution is -2.37. The highest BCUT2D eigenvalue weighted by atomic mass is 19.1. The van der Waals surface area contributed by atoms with Crippen molar-refractivity contribution >= 4 is 23.1 Å². The van der Waals surface area contributed by atoms with Crippen molar-refractivity contribution in [1.82, 2.24) is 0 Å². The Balaban J connectivity index is 1.56. The molecular formula is C20H18F2N2O4. The number of hydrogen-bond acceptors (Lipinski definition) is 5. The van der Waals surface area contributed by atoms with Crippen molar-refractivity contribution in [1.29, 1.82) is 0 Å². The first kappa shape index (κ1) is 18.2. The molecule has 146 valence electrons. The third-order valence-corrected chi connectivity index (χ3v) is 4.80. The molecule has 0 spiro atoms. The molecule has 2 aromatic rings. The summed E-state index contributed by atoms with van der Waals surface area (Å²) in [6.45, 7) is 1.79. The Hall–Kier alpha value is -3.16. The molecule has 2 aliphatic heterocycles. The molecule has 1 amide bonds. The summed E-state index contributed by atoms with van der Waals surface area (Å²) in [5.74, 6) is -1.09. The first-order chi connectivity index (χ1) is 13.4. The van der Waals surface area contributed by atoms with Gasteiger partial charge in [0.05, 0.1) is 17.9 Å². The van der Waals surface area contributed by atoms with Gasteiger partial charge in [0.15, 0.2) is 17.3 Å². The van der Waals surface area contributed by atoms with E-state index in [9.17, 15) is 18.4 Å². The van der Waals surface area contributed by atoms with E-state index in [0.717, 1.165) is 6.07 Å². The molecule has 0 bridgehead atoms. The molecule has 28 heavy (non-hydrogen) atoms. The van der Waals surface area contributed by atoms with Gasteiger partial charge >= 0.3 is 0 Å². The van der Waals surface area contributed by atoms with Crippen molar-refractivity contribution in [2.45, 2.75) is 19.8 Å². The predicted octanol–water partition coefficient (Wildman–Crippen LogP) is 3.29. The predicted molar refractivity (Wildman–Crippen MR) is 98.1 cm³/mol. The normalized spacial score (nSPS) is 14.6. The minimum absolute atomic E-state index is 0.0461. The lowest BCUT2D eigenvalue weighted by molar-refractivity contribution is -0.115. The SMILES string of the molecule is CC(=O)c1cc2c(cc1NC(=O)CN1CCCc3cc(F)cc(F)c31)OCO2. The van der Waals surface area contributed by atoms with Gasteiger partial charge in [0.2, 0.25) is 12.7 Å². The molecule has 2 aliphatic rings. The van der Waals surface area contributed by atoms with Crippen molar-refractivity contribution in [3.05, 3.63) is 47.0 Å². The molecule has 1 N–H and O–H groups in total. The minimum Gasteiger partial charge on any atom is -0.454 e. The van der Waals surface area contributed by atoms with Gasteiger partial charge in [0.25, 0.3) is 0 Å². The number of benzene rings is 2. The number of hydrogen-bond donors (Lipinski definition) is 1. The van der Waals surface area contributed by atoms with E-state index in [2.05, 4.69) is 5.32 Å². The van der Waals surface area contributed by atoms with E-state index in [1.807, 2.05) is 0 Å². The quantitative estimate of drug-likeness (QED) is 0.815.